The highest BCUT2D eigenvalue weighted by Gasteiger charge is 2.29. The summed E-state index contributed by atoms with van der Waals surface area (Å²) in [4.78, 5) is 28.3. The van der Waals surface area contributed by atoms with Gasteiger partial charge in [-0.15, -0.1) is 0 Å². The van der Waals surface area contributed by atoms with Gasteiger partial charge in [0.1, 0.15) is 5.69 Å². The van der Waals surface area contributed by atoms with Crippen LogP contribution in [0.1, 0.15) is 23.3 Å². The van der Waals surface area contributed by atoms with Gasteiger partial charge in [-0.05, 0) is 31.0 Å². The lowest BCUT2D eigenvalue weighted by Crippen LogP contribution is -2.42. The van der Waals surface area contributed by atoms with Crippen molar-refractivity contribution in [3.05, 3.63) is 34.4 Å². The molecular formula is C15H15BrN2O3. The number of nitrogens with zero attached hydrogens (tertiary/aromatic N) is 1. The molecule has 0 spiro atoms. The summed E-state index contributed by atoms with van der Waals surface area (Å²) in [5.74, 6) is -1.41. The lowest BCUT2D eigenvalue weighted by molar-refractivity contribution is -0.143. The molecule has 1 atom stereocenters. The van der Waals surface area contributed by atoms with Crippen molar-refractivity contribution in [3.63, 3.8) is 0 Å². The first-order valence-electron chi connectivity index (χ1n) is 6.85. The first-order valence-corrected chi connectivity index (χ1v) is 7.64. The van der Waals surface area contributed by atoms with E-state index in [0.29, 0.717) is 18.7 Å². The van der Waals surface area contributed by atoms with Gasteiger partial charge < -0.3 is 15.0 Å². The number of carbonyl (C=O) groups is 2. The fourth-order valence-corrected chi connectivity index (χ4v) is 3.11. The monoisotopic (exact) mass is 350 g/mol. The molecule has 2 heterocycles. The van der Waals surface area contributed by atoms with Crippen molar-refractivity contribution in [3.8, 4) is 0 Å². The molecule has 0 unspecified atom stereocenters. The van der Waals surface area contributed by atoms with Crippen LogP contribution < -0.4 is 0 Å². The van der Waals surface area contributed by atoms with Gasteiger partial charge in [0.05, 0.1) is 5.92 Å². The van der Waals surface area contributed by atoms with Crippen LogP contribution in [0.2, 0.25) is 0 Å². The number of hydrogen-bond acceptors (Lipinski definition) is 2. The number of carboxylic acids is 1. The zero-order valence-electron chi connectivity index (χ0n) is 11.3. The van der Waals surface area contributed by atoms with Gasteiger partial charge in [0, 0.05) is 28.5 Å². The highest BCUT2D eigenvalue weighted by Crippen LogP contribution is 2.23. The Kier molecular flexibility index (Phi) is 3.71. The summed E-state index contributed by atoms with van der Waals surface area (Å²) < 4.78 is 0.944. The van der Waals surface area contributed by atoms with Gasteiger partial charge in [-0.3, -0.25) is 9.59 Å². The van der Waals surface area contributed by atoms with Gasteiger partial charge in [-0.25, -0.2) is 0 Å². The number of carbonyl (C=O) groups excluding carboxylic acids is 1. The Morgan fingerprint density at radius 3 is 2.90 bits per heavy atom. The molecule has 2 N–H and O–H groups in total. The molecule has 6 heteroatoms. The minimum absolute atomic E-state index is 0.131. The molecule has 1 aliphatic heterocycles. The molecule has 1 saturated heterocycles. The lowest BCUT2D eigenvalue weighted by Gasteiger charge is -2.30. The van der Waals surface area contributed by atoms with Crippen LogP contribution in [0.3, 0.4) is 0 Å². The van der Waals surface area contributed by atoms with E-state index in [4.69, 9.17) is 5.11 Å². The van der Waals surface area contributed by atoms with Crippen LogP contribution in [-0.2, 0) is 4.79 Å². The van der Waals surface area contributed by atoms with E-state index in [1.165, 1.54) is 0 Å². The summed E-state index contributed by atoms with van der Waals surface area (Å²) in [6.45, 7) is 0.898. The quantitative estimate of drug-likeness (QED) is 0.874. The molecule has 1 aromatic heterocycles. The molecule has 0 aliphatic carbocycles. The lowest BCUT2D eigenvalue weighted by atomic mass is 9.98. The van der Waals surface area contributed by atoms with Crippen molar-refractivity contribution < 1.29 is 14.7 Å². The van der Waals surface area contributed by atoms with Crippen LogP contribution in [0.5, 0.6) is 0 Å². The Bertz CT molecular complexity index is 710. The van der Waals surface area contributed by atoms with E-state index in [0.717, 1.165) is 21.8 Å². The van der Waals surface area contributed by atoms with Crippen LogP contribution in [0.25, 0.3) is 10.9 Å². The predicted octanol–water partition coefficient (Wildman–Crippen LogP) is 2.87. The predicted molar refractivity (Wildman–Crippen MR) is 82.3 cm³/mol. The molecule has 0 saturated carbocycles. The molecule has 110 valence electrons. The van der Waals surface area contributed by atoms with Gasteiger partial charge in [0.15, 0.2) is 0 Å². The molecule has 0 radical (unpaired) electrons. The second kappa shape index (κ2) is 5.52. The standard InChI is InChI=1S/C15H15BrN2O3/c16-11-4-3-9-6-13(17-12(9)7-11)14(19)18-5-1-2-10(8-18)15(20)21/h3-4,6-7,10,17H,1-2,5,8H2,(H,20,21)/t10-/m0/s1. The Morgan fingerprint density at radius 1 is 1.33 bits per heavy atom. The van der Waals surface area contributed by atoms with E-state index < -0.39 is 11.9 Å². The SMILES string of the molecule is O=C(O)[C@H]1CCCN(C(=O)c2cc3ccc(Br)cc3[nH]2)C1. The molecule has 3 rings (SSSR count). The summed E-state index contributed by atoms with van der Waals surface area (Å²) >= 11 is 3.40. The van der Waals surface area contributed by atoms with Crippen molar-refractivity contribution in [2.24, 2.45) is 5.92 Å². The molecule has 2 aromatic rings. The average Bonchev–Trinajstić information content (AvgIpc) is 2.89. The molecule has 1 aromatic carbocycles. The molecule has 1 aliphatic rings. The van der Waals surface area contributed by atoms with Gasteiger partial charge in [-0.1, -0.05) is 22.0 Å². The smallest absolute Gasteiger partial charge is 0.308 e. The Labute approximate surface area is 130 Å². The third-order valence-electron chi connectivity index (χ3n) is 3.87. The number of benzene rings is 1. The third-order valence-corrected chi connectivity index (χ3v) is 4.37. The minimum Gasteiger partial charge on any atom is -0.481 e. The number of nitrogens with one attached hydrogen (secondary N) is 1. The first-order chi connectivity index (χ1) is 10.0. The van der Waals surface area contributed by atoms with E-state index in [2.05, 4.69) is 20.9 Å². The number of piperidine rings is 1. The third kappa shape index (κ3) is 2.81. The highest BCUT2D eigenvalue weighted by molar-refractivity contribution is 9.10. The van der Waals surface area contributed by atoms with Crippen LogP contribution in [0.15, 0.2) is 28.7 Å². The second-order valence-electron chi connectivity index (χ2n) is 5.34. The van der Waals surface area contributed by atoms with Crippen molar-refractivity contribution in [1.29, 1.82) is 0 Å². The zero-order chi connectivity index (χ0) is 15.0. The van der Waals surface area contributed by atoms with Crippen LogP contribution in [0.4, 0.5) is 0 Å². The molecule has 0 bridgehead atoms. The molecule has 5 nitrogen and oxygen atoms in total. The van der Waals surface area contributed by atoms with Gasteiger partial charge in [0.25, 0.3) is 5.91 Å². The van der Waals surface area contributed by atoms with Gasteiger partial charge >= 0.3 is 5.97 Å². The largest absolute Gasteiger partial charge is 0.481 e. The second-order valence-corrected chi connectivity index (χ2v) is 6.26. The Morgan fingerprint density at radius 2 is 2.14 bits per heavy atom. The van der Waals surface area contributed by atoms with Crippen LogP contribution in [0, 0.1) is 5.92 Å². The summed E-state index contributed by atoms with van der Waals surface area (Å²) in [5, 5.41) is 10.1. The number of hydrogen-bond donors (Lipinski definition) is 2. The molecule has 1 fully saturated rings. The number of amides is 1. The van der Waals surface area contributed by atoms with Gasteiger partial charge in [-0.2, -0.15) is 0 Å². The number of carboxylic acid groups (broad SMARTS) is 1. The zero-order valence-corrected chi connectivity index (χ0v) is 12.9. The number of aromatic nitrogens is 1. The van der Waals surface area contributed by atoms with Crippen molar-refractivity contribution in [2.75, 3.05) is 13.1 Å². The Hall–Kier alpha value is -1.82. The van der Waals surface area contributed by atoms with Crippen LogP contribution in [-0.4, -0.2) is 40.0 Å². The fraction of sp³-hybridized carbons (Fsp3) is 0.333. The number of likely N-dealkylation sites (tertiary alicyclic amines) is 1. The fourth-order valence-electron chi connectivity index (χ4n) is 2.75. The maximum Gasteiger partial charge on any atom is 0.308 e. The number of aromatic amines is 1. The van der Waals surface area contributed by atoms with Gasteiger partial charge in [0.2, 0.25) is 0 Å². The summed E-state index contributed by atoms with van der Waals surface area (Å²) in [7, 11) is 0. The van der Waals surface area contributed by atoms with E-state index in [1.54, 1.807) is 4.90 Å². The molecule has 1 amide bonds. The van der Waals surface area contributed by atoms with Crippen molar-refractivity contribution in [2.45, 2.75) is 12.8 Å². The van der Waals surface area contributed by atoms with E-state index >= 15 is 0 Å². The summed E-state index contributed by atoms with van der Waals surface area (Å²) in [5.41, 5.74) is 1.40. The number of aliphatic carboxylic acids is 1. The number of fused-ring (bicyclic) bond motifs is 1. The van der Waals surface area contributed by atoms with E-state index in [9.17, 15) is 9.59 Å². The van der Waals surface area contributed by atoms with E-state index in [1.807, 2.05) is 24.3 Å². The maximum absolute atomic E-state index is 12.5. The first kappa shape index (κ1) is 14.1. The number of halogens is 1. The summed E-state index contributed by atoms with van der Waals surface area (Å²) in [6.07, 6.45) is 1.37. The highest BCUT2D eigenvalue weighted by atomic mass is 79.9. The van der Waals surface area contributed by atoms with Crippen LogP contribution >= 0.6 is 15.9 Å². The van der Waals surface area contributed by atoms with Crippen molar-refractivity contribution >= 4 is 38.7 Å². The molecule has 21 heavy (non-hydrogen) atoms. The topological polar surface area (TPSA) is 73.4 Å². The summed E-state index contributed by atoms with van der Waals surface area (Å²) in [6, 6.07) is 7.59. The van der Waals surface area contributed by atoms with E-state index in [-0.39, 0.29) is 12.5 Å². The average molecular weight is 351 g/mol. The number of H-pyrrole nitrogens is 1. The van der Waals surface area contributed by atoms with Crippen molar-refractivity contribution in [1.82, 2.24) is 9.88 Å². The normalized spacial score (nSPS) is 18.9. The number of rotatable bonds is 2. The Balaban J connectivity index is 1.84. The molecular weight excluding hydrogens is 336 g/mol. The maximum atomic E-state index is 12.5. The minimum atomic E-state index is -0.826.